The number of ether oxygens (including phenoxy) is 1. The Morgan fingerprint density at radius 1 is 1.15 bits per heavy atom. The largest absolute Gasteiger partial charge is 0.461 e. The van der Waals surface area contributed by atoms with Crippen LogP contribution in [0.25, 0.3) is 21.8 Å². The maximum atomic E-state index is 12.7. The molecule has 136 valence electrons. The van der Waals surface area contributed by atoms with Crippen LogP contribution in [0, 0.1) is 6.92 Å². The van der Waals surface area contributed by atoms with Gasteiger partial charge in [0.05, 0.1) is 18.3 Å². The van der Waals surface area contributed by atoms with Crippen molar-refractivity contribution in [3.05, 3.63) is 41.2 Å². The fourth-order valence-electron chi connectivity index (χ4n) is 3.29. The molecule has 0 spiro atoms. The van der Waals surface area contributed by atoms with Crippen molar-refractivity contribution < 1.29 is 14.3 Å². The van der Waals surface area contributed by atoms with Crippen LogP contribution in [0.1, 0.15) is 47.2 Å². The van der Waals surface area contributed by atoms with E-state index in [1.54, 1.807) is 18.0 Å². The van der Waals surface area contributed by atoms with Crippen LogP contribution in [0.3, 0.4) is 0 Å². The summed E-state index contributed by atoms with van der Waals surface area (Å²) in [7, 11) is 0. The normalized spacial score (nSPS) is 11.1. The number of H-pyrrole nitrogens is 1. The second kappa shape index (κ2) is 7.15. The molecule has 0 aliphatic rings. The second-order valence-electron chi connectivity index (χ2n) is 6.10. The lowest BCUT2D eigenvalue weighted by Gasteiger charge is -2.18. The number of esters is 1. The molecule has 0 unspecified atom stereocenters. The third-order valence-electron chi connectivity index (χ3n) is 4.65. The zero-order valence-electron chi connectivity index (χ0n) is 15.5. The Balaban J connectivity index is 2.18. The van der Waals surface area contributed by atoms with Gasteiger partial charge in [0.15, 0.2) is 5.69 Å². The first-order valence-electron chi connectivity index (χ1n) is 8.89. The lowest BCUT2D eigenvalue weighted by Crippen LogP contribution is -2.30. The van der Waals surface area contributed by atoms with Crippen LogP contribution in [0.5, 0.6) is 0 Å². The Hall–Kier alpha value is -2.89. The topological polar surface area (TPSA) is 75.3 Å². The van der Waals surface area contributed by atoms with Crippen LogP contribution in [0.4, 0.5) is 0 Å². The lowest BCUT2D eigenvalue weighted by molar-refractivity contribution is 0.0518. The summed E-state index contributed by atoms with van der Waals surface area (Å²) in [5.74, 6) is -0.430. The molecule has 0 radical (unpaired) electrons. The summed E-state index contributed by atoms with van der Waals surface area (Å²) < 4.78 is 5.10. The smallest absolute Gasteiger partial charge is 0.357 e. The van der Waals surface area contributed by atoms with Crippen molar-refractivity contribution in [1.29, 1.82) is 0 Å². The van der Waals surface area contributed by atoms with E-state index in [0.29, 0.717) is 31.0 Å². The van der Waals surface area contributed by atoms with Crippen molar-refractivity contribution in [1.82, 2.24) is 14.9 Å². The molecule has 3 rings (SSSR count). The fourth-order valence-corrected chi connectivity index (χ4v) is 3.29. The first-order valence-corrected chi connectivity index (χ1v) is 8.89. The molecule has 26 heavy (non-hydrogen) atoms. The summed E-state index contributed by atoms with van der Waals surface area (Å²) in [6, 6.07) is 5.61. The zero-order valence-corrected chi connectivity index (χ0v) is 15.5. The van der Waals surface area contributed by atoms with Crippen LogP contribution >= 0.6 is 0 Å². The summed E-state index contributed by atoms with van der Waals surface area (Å²) >= 11 is 0. The van der Waals surface area contributed by atoms with E-state index < -0.39 is 5.97 Å². The van der Waals surface area contributed by atoms with E-state index in [1.165, 1.54) is 0 Å². The molecule has 0 fully saturated rings. The van der Waals surface area contributed by atoms with Crippen molar-refractivity contribution in [2.75, 3.05) is 19.7 Å². The van der Waals surface area contributed by atoms with E-state index in [1.807, 2.05) is 39.0 Å². The fraction of sp³-hybridized carbons (Fsp3) is 0.350. The lowest BCUT2D eigenvalue weighted by atomic mass is 10.0. The summed E-state index contributed by atoms with van der Waals surface area (Å²) in [5.41, 5.74) is 3.43. The molecule has 1 amide bonds. The van der Waals surface area contributed by atoms with E-state index in [-0.39, 0.29) is 5.91 Å². The van der Waals surface area contributed by atoms with Crippen LogP contribution < -0.4 is 0 Å². The number of amides is 1. The highest BCUT2D eigenvalue weighted by molar-refractivity contribution is 6.12. The number of hydrogen-bond acceptors (Lipinski definition) is 4. The van der Waals surface area contributed by atoms with E-state index in [9.17, 15) is 9.59 Å². The number of benzene rings is 1. The predicted molar refractivity (Wildman–Crippen MR) is 102 cm³/mol. The number of carbonyl (C=O) groups is 2. The van der Waals surface area contributed by atoms with Crippen molar-refractivity contribution in [2.24, 2.45) is 0 Å². The number of aromatic nitrogens is 2. The minimum atomic E-state index is -0.434. The van der Waals surface area contributed by atoms with Crippen molar-refractivity contribution in [2.45, 2.75) is 27.7 Å². The van der Waals surface area contributed by atoms with Crippen LogP contribution in [0.15, 0.2) is 24.4 Å². The average molecular weight is 353 g/mol. The third kappa shape index (κ3) is 2.92. The third-order valence-corrected chi connectivity index (χ3v) is 4.65. The van der Waals surface area contributed by atoms with Crippen molar-refractivity contribution in [3.8, 4) is 0 Å². The SMILES string of the molecule is CCOC(=O)c1ncc2[nH]c3ccc(C(=O)N(CC)CC)cc3c2c1C. The average Bonchev–Trinajstić information content (AvgIpc) is 3.01. The molecule has 0 saturated heterocycles. The molecule has 3 aromatic rings. The number of pyridine rings is 1. The van der Waals surface area contributed by atoms with Gasteiger partial charge in [0.25, 0.3) is 5.91 Å². The number of aryl methyl sites for hydroxylation is 1. The second-order valence-corrected chi connectivity index (χ2v) is 6.10. The number of nitrogens with zero attached hydrogens (tertiary/aromatic N) is 2. The molecule has 0 saturated carbocycles. The minimum Gasteiger partial charge on any atom is -0.461 e. The molecule has 1 N–H and O–H groups in total. The van der Waals surface area contributed by atoms with Crippen LogP contribution in [-0.2, 0) is 4.74 Å². The highest BCUT2D eigenvalue weighted by Crippen LogP contribution is 2.30. The summed E-state index contributed by atoms with van der Waals surface area (Å²) in [6.07, 6.45) is 1.64. The van der Waals surface area contributed by atoms with Gasteiger partial charge in [-0.1, -0.05) is 0 Å². The van der Waals surface area contributed by atoms with Crippen molar-refractivity contribution >= 4 is 33.7 Å². The maximum Gasteiger partial charge on any atom is 0.357 e. The standard InChI is InChI=1S/C20H23N3O3/c1-5-23(6-2)19(24)13-8-9-15-14(10-13)17-12(4)18(20(25)26-7-3)21-11-16(17)22-15/h8-11,22H,5-7H2,1-4H3. The van der Waals surface area contributed by atoms with Gasteiger partial charge in [-0.3, -0.25) is 4.79 Å². The van der Waals surface area contributed by atoms with Gasteiger partial charge in [-0.15, -0.1) is 0 Å². The Morgan fingerprint density at radius 2 is 1.88 bits per heavy atom. The molecular formula is C20H23N3O3. The number of rotatable bonds is 5. The number of aromatic amines is 1. The first-order chi connectivity index (χ1) is 12.5. The molecule has 0 bridgehead atoms. The molecule has 2 heterocycles. The van der Waals surface area contributed by atoms with E-state index >= 15 is 0 Å². The number of hydrogen-bond donors (Lipinski definition) is 1. The summed E-state index contributed by atoms with van der Waals surface area (Å²) in [4.78, 5) is 34.2. The zero-order chi connectivity index (χ0) is 18.8. The van der Waals surface area contributed by atoms with Gasteiger partial charge in [0, 0.05) is 34.9 Å². The van der Waals surface area contributed by atoms with E-state index in [2.05, 4.69) is 9.97 Å². The van der Waals surface area contributed by atoms with Gasteiger partial charge >= 0.3 is 5.97 Å². The van der Waals surface area contributed by atoms with Gasteiger partial charge in [0.2, 0.25) is 0 Å². The Kier molecular flexibility index (Phi) is 4.93. The maximum absolute atomic E-state index is 12.7. The van der Waals surface area contributed by atoms with Crippen LogP contribution in [0.2, 0.25) is 0 Å². The minimum absolute atomic E-state index is 0.00331. The van der Waals surface area contributed by atoms with E-state index in [4.69, 9.17) is 4.74 Å². The van der Waals surface area contributed by atoms with Gasteiger partial charge in [-0.2, -0.15) is 0 Å². The highest BCUT2D eigenvalue weighted by Gasteiger charge is 2.19. The van der Waals surface area contributed by atoms with Gasteiger partial charge in [-0.05, 0) is 51.5 Å². The Morgan fingerprint density at radius 3 is 2.54 bits per heavy atom. The van der Waals surface area contributed by atoms with E-state index in [0.717, 1.165) is 27.4 Å². The molecule has 0 aliphatic heterocycles. The molecule has 0 atom stereocenters. The summed E-state index contributed by atoms with van der Waals surface area (Å²) in [5, 5.41) is 1.80. The molecule has 0 aliphatic carbocycles. The molecule has 1 aromatic carbocycles. The first kappa shape index (κ1) is 17.9. The molecular weight excluding hydrogens is 330 g/mol. The Labute approximate surface area is 152 Å². The quantitative estimate of drug-likeness (QED) is 0.710. The number of nitrogens with one attached hydrogen (secondary N) is 1. The molecule has 6 heteroatoms. The van der Waals surface area contributed by atoms with Gasteiger partial charge in [-0.25, -0.2) is 9.78 Å². The molecule has 2 aromatic heterocycles. The Bertz CT molecular complexity index is 987. The monoisotopic (exact) mass is 353 g/mol. The van der Waals surface area contributed by atoms with Crippen LogP contribution in [-0.4, -0.2) is 46.4 Å². The van der Waals surface area contributed by atoms with Crippen molar-refractivity contribution in [3.63, 3.8) is 0 Å². The number of carbonyl (C=O) groups excluding carboxylic acids is 2. The number of fused-ring (bicyclic) bond motifs is 3. The summed E-state index contributed by atoms with van der Waals surface area (Å²) in [6.45, 7) is 9.18. The highest BCUT2D eigenvalue weighted by atomic mass is 16.5. The molecule has 6 nitrogen and oxygen atoms in total. The van der Waals surface area contributed by atoms with Gasteiger partial charge < -0.3 is 14.6 Å². The van der Waals surface area contributed by atoms with Gasteiger partial charge in [0.1, 0.15) is 0 Å². The predicted octanol–water partition coefficient (Wildman–Crippen LogP) is 3.68.